The summed E-state index contributed by atoms with van der Waals surface area (Å²) in [6.07, 6.45) is 1.99. The quantitative estimate of drug-likeness (QED) is 0.800. The average molecular weight is 229 g/mol. The molecule has 0 atom stereocenters. The zero-order valence-electron chi connectivity index (χ0n) is 9.97. The molecule has 1 aromatic heterocycles. The molecule has 1 heterocycles. The van der Waals surface area contributed by atoms with Crippen molar-refractivity contribution < 1.29 is 0 Å². The van der Waals surface area contributed by atoms with Gasteiger partial charge in [-0.2, -0.15) is 0 Å². The Labute approximate surface area is 99.4 Å². The van der Waals surface area contributed by atoms with Crippen LogP contribution in [-0.4, -0.2) is 9.55 Å². The highest BCUT2D eigenvalue weighted by atomic mass is 16.1. The van der Waals surface area contributed by atoms with Crippen LogP contribution in [0, 0.1) is 0 Å². The Hall–Kier alpha value is -2.10. The molecule has 4 nitrogen and oxygen atoms in total. The van der Waals surface area contributed by atoms with Crippen LogP contribution >= 0.6 is 0 Å². The molecule has 2 rings (SSSR count). The van der Waals surface area contributed by atoms with Crippen molar-refractivity contribution >= 4 is 16.9 Å². The van der Waals surface area contributed by atoms with Crippen molar-refractivity contribution in [2.24, 2.45) is 0 Å². The predicted octanol–water partition coefficient (Wildman–Crippen LogP) is 1.94. The van der Waals surface area contributed by atoms with Gasteiger partial charge in [-0.15, -0.1) is 0 Å². The highest BCUT2D eigenvalue weighted by Gasteiger charge is 2.06. The maximum Gasteiger partial charge on any atom is 0.293 e. The maximum atomic E-state index is 11.9. The third-order valence-corrected chi connectivity index (χ3v) is 2.56. The van der Waals surface area contributed by atoms with Gasteiger partial charge in [0.25, 0.3) is 5.56 Å². The van der Waals surface area contributed by atoms with Gasteiger partial charge in [-0.3, -0.25) is 9.36 Å². The van der Waals surface area contributed by atoms with Crippen LogP contribution in [0.4, 0.5) is 5.82 Å². The van der Waals surface area contributed by atoms with E-state index < -0.39 is 0 Å². The fourth-order valence-corrected chi connectivity index (χ4v) is 1.67. The van der Waals surface area contributed by atoms with Crippen LogP contribution in [0.2, 0.25) is 0 Å². The van der Waals surface area contributed by atoms with Crippen LogP contribution in [0.1, 0.15) is 13.8 Å². The normalized spacial score (nSPS) is 10.5. The predicted molar refractivity (Wildman–Crippen MR) is 69.8 cm³/mol. The van der Waals surface area contributed by atoms with Gasteiger partial charge in [0, 0.05) is 6.54 Å². The fraction of sp³-hybridized carbons (Fsp3) is 0.231. The molecular weight excluding hydrogens is 214 g/mol. The van der Waals surface area contributed by atoms with Crippen molar-refractivity contribution in [3.05, 3.63) is 46.3 Å². The molecule has 0 saturated heterocycles. The molecule has 0 saturated carbocycles. The van der Waals surface area contributed by atoms with E-state index in [0.717, 1.165) is 16.6 Å². The van der Waals surface area contributed by atoms with Gasteiger partial charge in [0.1, 0.15) is 0 Å². The molecule has 0 fully saturated rings. The third-order valence-electron chi connectivity index (χ3n) is 2.56. The summed E-state index contributed by atoms with van der Waals surface area (Å²) >= 11 is 0. The fourth-order valence-electron chi connectivity index (χ4n) is 1.67. The summed E-state index contributed by atoms with van der Waals surface area (Å²) in [5.41, 5.74) is 8.11. The lowest BCUT2D eigenvalue weighted by atomic mass is 10.2. The lowest BCUT2D eigenvalue weighted by molar-refractivity contribution is 0.807. The van der Waals surface area contributed by atoms with Crippen molar-refractivity contribution in [3.63, 3.8) is 0 Å². The minimum atomic E-state index is -0.235. The van der Waals surface area contributed by atoms with Crippen molar-refractivity contribution in [2.75, 3.05) is 5.73 Å². The van der Waals surface area contributed by atoms with E-state index in [4.69, 9.17) is 5.73 Å². The first-order valence-electron chi connectivity index (χ1n) is 5.48. The number of hydrogen-bond acceptors (Lipinski definition) is 3. The standard InChI is InChI=1S/C13H15N3O/c1-9(2)7-8-16-11-6-4-3-5-10(11)15-12(14)13(16)17/h3-7H,8H2,1-2H3,(H2,14,15). The highest BCUT2D eigenvalue weighted by molar-refractivity contribution is 5.75. The molecule has 0 bridgehead atoms. The molecular formula is C13H15N3O. The lowest BCUT2D eigenvalue weighted by Crippen LogP contribution is -2.24. The Morgan fingerprint density at radius 3 is 2.82 bits per heavy atom. The second-order valence-electron chi connectivity index (χ2n) is 4.18. The van der Waals surface area contributed by atoms with E-state index >= 15 is 0 Å². The van der Waals surface area contributed by atoms with Crippen LogP contribution in [0.25, 0.3) is 11.0 Å². The SMILES string of the molecule is CC(C)=CCn1c(=O)c(N)nc2ccccc21. The molecule has 0 spiro atoms. The van der Waals surface area contributed by atoms with Gasteiger partial charge in [-0.25, -0.2) is 4.98 Å². The number of rotatable bonds is 2. The van der Waals surface area contributed by atoms with Gasteiger partial charge >= 0.3 is 0 Å². The first-order valence-corrected chi connectivity index (χ1v) is 5.48. The minimum Gasteiger partial charge on any atom is -0.379 e. The van der Waals surface area contributed by atoms with E-state index in [1.165, 1.54) is 0 Å². The molecule has 2 N–H and O–H groups in total. The number of aromatic nitrogens is 2. The number of nitrogens with two attached hydrogens (primary N) is 1. The molecule has 0 aliphatic carbocycles. The smallest absolute Gasteiger partial charge is 0.293 e. The Kier molecular flexibility index (Phi) is 2.95. The summed E-state index contributed by atoms with van der Waals surface area (Å²) in [6, 6.07) is 7.50. The average Bonchev–Trinajstić information content (AvgIpc) is 2.29. The molecule has 0 aliphatic rings. The number of anilines is 1. The molecule has 0 radical (unpaired) electrons. The lowest BCUT2D eigenvalue weighted by Gasteiger charge is -2.08. The molecule has 0 aliphatic heterocycles. The largest absolute Gasteiger partial charge is 0.379 e. The topological polar surface area (TPSA) is 60.9 Å². The number of hydrogen-bond donors (Lipinski definition) is 1. The second-order valence-corrected chi connectivity index (χ2v) is 4.18. The van der Waals surface area contributed by atoms with Gasteiger partial charge in [-0.1, -0.05) is 23.8 Å². The Balaban J connectivity index is 2.70. The zero-order chi connectivity index (χ0) is 12.4. The van der Waals surface area contributed by atoms with Crippen molar-refractivity contribution in [2.45, 2.75) is 20.4 Å². The minimum absolute atomic E-state index is 0.0471. The third kappa shape index (κ3) is 2.20. The summed E-state index contributed by atoms with van der Waals surface area (Å²) in [6.45, 7) is 4.52. The molecule has 1 aromatic carbocycles. The van der Waals surface area contributed by atoms with E-state index in [2.05, 4.69) is 4.98 Å². The van der Waals surface area contributed by atoms with Gasteiger partial charge < -0.3 is 5.73 Å². The molecule has 4 heteroatoms. The van der Waals surface area contributed by atoms with Crippen LogP contribution in [0.3, 0.4) is 0 Å². The van der Waals surface area contributed by atoms with Crippen molar-refractivity contribution in [1.82, 2.24) is 9.55 Å². The van der Waals surface area contributed by atoms with Crippen molar-refractivity contribution in [3.8, 4) is 0 Å². The molecule has 0 unspecified atom stereocenters. The maximum absolute atomic E-state index is 11.9. The summed E-state index contributed by atoms with van der Waals surface area (Å²) in [4.78, 5) is 16.0. The van der Waals surface area contributed by atoms with Crippen LogP contribution in [0.5, 0.6) is 0 Å². The summed E-state index contributed by atoms with van der Waals surface area (Å²) in [5.74, 6) is 0.0471. The molecule has 17 heavy (non-hydrogen) atoms. The summed E-state index contributed by atoms with van der Waals surface area (Å²) in [7, 11) is 0. The number of nitrogens with zero attached hydrogens (tertiary/aromatic N) is 2. The zero-order valence-corrected chi connectivity index (χ0v) is 9.97. The van der Waals surface area contributed by atoms with E-state index in [-0.39, 0.29) is 11.4 Å². The van der Waals surface area contributed by atoms with Crippen molar-refractivity contribution in [1.29, 1.82) is 0 Å². The van der Waals surface area contributed by atoms with Gasteiger partial charge in [0.2, 0.25) is 0 Å². The van der Waals surface area contributed by atoms with Crippen LogP contribution < -0.4 is 11.3 Å². The Morgan fingerprint density at radius 1 is 1.41 bits per heavy atom. The molecule has 2 aromatic rings. The van der Waals surface area contributed by atoms with E-state index in [1.807, 2.05) is 44.2 Å². The highest BCUT2D eigenvalue weighted by Crippen LogP contribution is 2.10. The molecule has 88 valence electrons. The number of nitrogen functional groups attached to an aromatic ring is 1. The van der Waals surface area contributed by atoms with Crippen LogP contribution in [-0.2, 0) is 6.54 Å². The van der Waals surface area contributed by atoms with Gasteiger partial charge in [-0.05, 0) is 26.0 Å². The van der Waals surface area contributed by atoms with Crippen LogP contribution in [0.15, 0.2) is 40.7 Å². The number of fused-ring (bicyclic) bond motifs is 1. The second kappa shape index (κ2) is 4.41. The number of allylic oxidation sites excluding steroid dienone is 2. The number of para-hydroxylation sites is 2. The monoisotopic (exact) mass is 229 g/mol. The summed E-state index contributed by atoms with van der Waals surface area (Å²) in [5, 5.41) is 0. The first kappa shape index (κ1) is 11.4. The number of benzene rings is 1. The Morgan fingerprint density at radius 2 is 2.12 bits per heavy atom. The Bertz CT molecular complexity index is 637. The first-order chi connectivity index (χ1) is 8.09. The summed E-state index contributed by atoms with van der Waals surface area (Å²) < 4.78 is 1.64. The van der Waals surface area contributed by atoms with E-state index in [0.29, 0.717) is 6.54 Å². The molecule has 0 amide bonds. The van der Waals surface area contributed by atoms with E-state index in [1.54, 1.807) is 4.57 Å². The van der Waals surface area contributed by atoms with E-state index in [9.17, 15) is 4.79 Å². The van der Waals surface area contributed by atoms with Gasteiger partial charge in [0.15, 0.2) is 5.82 Å². The van der Waals surface area contributed by atoms with Gasteiger partial charge in [0.05, 0.1) is 11.0 Å².